The maximum Gasteiger partial charge on any atom is 0.0547 e. The third kappa shape index (κ3) is 5.21. The van der Waals surface area contributed by atoms with E-state index in [2.05, 4.69) is 61.6 Å². The van der Waals surface area contributed by atoms with Crippen LogP contribution in [0.1, 0.15) is 132 Å². The molecule has 37 heavy (non-hydrogen) atoms. The Morgan fingerprint density at radius 2 is 1.03 bits per heavy atom. The average Bonchev–Trinajstić information content (AvgIpc) is 3.36. The first-order valence-electron chi connectivity index (χ1n) is 17.4. The fraction of sp³-hybridized carbons (Fsp3) is 1.00. The Morgan fingerprint density at radius 3 is 1.59 bits per heavy atom. The molecule has 0 radical (unpaired) electrons. The van der Waals surface area contributed by atoms with Crippen molar-refractivity contribution in [2.45, 2.75) is 156 Å². The first-order chi connectivity index (χ1) is 17.4. The Labute approximate surface area is 234 Å². The molecule has 9 unspecified atom stereocenters. The largest absolute Gasteiger partial charge is 0.0689 e. The van der Waals surface area contributed by atoms with E-state index in [4.69, 9.17) is 0 Å². The fourth-order valence-electron chi connectivity index (χ4n) is 12.7. The molecule has 5 aliphatic rings. The molecule has 9 atom stereocenters. The minimum absolute atomic E-state index is 0.517. The highest BCUT2D eigenvalue weighted by Crippen LogP contribution is 2.67. The van der Waals surface area contributed by atoms with Gasteiger partial charge in [-0.15, -0.1) is 0 Å². The van der Waals surface area contributed by atoms with E-state index in [1.165, 1.54) is 32.1 Å². The standard InChI is InChI=1S/C36H66Si/c1-23-24(2)26(4)34(25(23)3)37(8,9)35-31-17-13-16-30(28-18-20-29(21-19-28)36(5,6)7)33(31)22-32(35)27-14-11-10-12-15-27/h23-35H,10-22H2,1-9H3. The van der Waals surface area contributed by atoms with Crippen LogP contribution >= 0.6 is 0 Å². The summed E-state index contributed by atoms with van der Waals surface area (Å²) in [4.78, 5) is 0. The van der Waals surface area contributed by atoms with Crippen LogP contribution in [0.3, 0.4) is 0 Å². The number of fused-ring (bicyclic) bond motifs is 1. The predicted molar refractivity (Wildman–Crippen MR) is 166 cm³/mol. The molecule has 5 fully saturated rings. The number of hydrogen-bond acceptors (Lipinski definition) is 0. The van der Waals surface area contributed by atoms with Gasteiger partial charge in [-0.2, -0.15) is 0 Å². The molecule has 1 heteroatoms. The van der Waals surface area contributed by atoms with Gasteiger partial charge in [-0.1, -0.05) is 107 Å². The summed E-state index contributed by atoms with van der Waals surface area (Å²) in [6.07, 6.45) is 20.3. The van der Waals surface area contributed by atoms with Gasteiger partial charge in [0, 0.05) is 0 Å². The van der Waals surface area contributed by atoms with Gasteiger partial charge in [0.2, 0.25) is 0 Å². The maximum atomic E-state index is 2.94. The first kappa shape index (κ1) is 28.7. The van der Waals surface area contributed by atoms with E-state index in [-0.39, 0.29) is 0 Å². The smallest absolute Gasteiger partial charge is 0.0547 e. The fourth-order valence-corrected chi connectivity index (χ4v) is 19.5. The van der Waals surface area contributed by atoms with E-state index >= 15 is 0 Å². The zero-order valence-electron chi connectivity index (χ0n) is 26.7. The van der Waals surface area contributed by atoms with Gasteiger partial charge in [0.25, 0.3) is 0 Å². The summed E-state index contributed by atoms with van der Waals surface area (Å²) in [5.41, 5.74) is 2.69. The lowest BCUT2D eigenvalue weighted by molar-refractivity contribution is 0.0633. The summed E-state index contributed by atoms with van der Waals surface area (Å²) in [5, 5.41) is 0. The van der Waals surface area contributed by atoms with Crippen LogP contribution in [0.4, 0.5) is 0 Å². The van der Waals surface area contributed by atoms with E-state index < -0.39 is 8.07 Å². The molecule has 0 N–H and O–H groups in total. The zero-order chi connectivity index (χ0) is 26.7. The summed E-state index contributed by atoms with van der Waals surface area (Å²) in [6.45, 7) is 24.0. The van der Waals surface area contributed by atoms with Crippen molar-refractivity contribution in [1.82, 2.24) is 0 Å². The Hall–Kier alpha value is 0.217. The summed E-state index contributed by atoms with van der Waals surface area (Å²) >= 11 is 0. The molecule has 5 saturated carbocycles. The van der Waals surface area contributed by atoms with Gasteiger partial charge < -0.3 is 0 Å². The molecule has 0 heterocycles. The van der Waals surface area contributed by atoms with Gasteiger partial charge >= 0.3 is 0 Å². The van der Waals surface area contributed by atoms with E-state index in [0.29, 0.717) is 5.41 Å². The normalized spacial score (nSPS) is 48.2. The van der Waals surface area contributed by atoms with Crippen molar-refractivity contribution in [3.05, 3.63) is 0 Å². The molecular formula is C36H66Si. The first-order valence-corrected chi connectivity index (χ1v) is 20.6. The molecule has 0 spiro atoms. The van der Waals surface area contributed by atoms with Crippen molar-refractivity contribution in [2.75, 3.05) is 0 Å². The minimum Gasteiger partial charge on any atom is -0.0689 e. The van der Waals surface area contributed by atoms with Crippen LogP contribution in [0.25, 0.3) is 0 Å². The van der Waals surface area contributed by atoms with Crippen LogP contribution < -0.4 is 0 Å². The molecule has 0 saturated heterocycles. The van der Waals surface area contributed by atoms with E-state index in [0.717, 1.165) is 76.2 Å². The summed E-state index contributed by atoms with van der Waals surface area (Å²) in [5.74, 6) is 11.2. The lowest BCUT2D eigenvalue weighted by atomic mass is 9.61. The van der Waals surface area contributed by atoms with Crippen molar-refractivity contribution < 1.29 is 0 Å². The topological polar surface area (TPSA) is 0 Å². The second-order valence-corrected chi connectivity index (χ2v) is 22.5. The van der Waals surface area contributed by atoms with E-state index in [9.17, 15) is 0 Å². The Morgan fingerprint density at radius 1 is 0.486 bits per heavy atom. The van der Waals surface area contributed by atoms with E-state index in [1.807, 2.05) is 0 Å². The van der Waals surface area contributed by atoms with Crippen molar-refractivity contribution in [3.8, 4) is 0 Å². The third-order valence-electron chi connectivity index (χ3n) is 14.8. The highest BCUT2D eigenvalue weighted by atomic mass is 28.3. The molecule has 5 aliphatic carbocycles. The predicted octanol–water partition coefficient (Wildman–Crippen LogP) is 11.5. The van der Waals surface area contributed by atoms with Crippen molar-refractivity contribution in [3.63, 3.8) is 0 Å². The summed E-state index contributed by atoms with van der Waals surface area (Å²) in [6, 6.07) is 0. The Kier molecular flexibility index (Phi) is 8.46. The third-order valence-corrected chi connectivity index (χ3v) is 20.2. The van der Waals surface area contributed by atoms with Gasteiger partial charge in [0.05, 0.1) is 8.07 Å². The van der Waals surface area contributed by atoms with Crippen molar-refractivity contribution in [1.29, 1.82) is 0 Å². The molecule has 0 aromatic rings. The molecule has 214 valence electrons. The molecule has 0 bridgehead atoms. The van der Waals surface area contributed by atoms with Crippen LogP contribution in [0.15, 0.2) is 0 Å². The van der Waals surface area contributed by atoms with Crippen molar-refractivity contribution in [2.24, 2.45) is 70.5 Å². The van der Waals surface area contributed by atoms with Gasteiger partial charge in [0.1, 0.15) is 0 Å². The maximum absolute atomic E-state index is 2.94. The molecule has 0 aromatic heterocycles. The minimum atomic E-state index is -1.42. The van der Waals surface area contributed by atoms with Crippen LogP contribution in [0, 0.1) is 70.5 Å². The van der Waals surface area contributed by atoms with Crippen LogP contribution in [-0.2, 0) is 0 Å². The summed E-state index contributed by atoms with van der Waals surface area (Å²) in [7, 11) is -1.42. The lowest BCUT2D eigenvalue weighted by Gasteiger charge is -2.50. The van der Waals surface area contributed by atoms with Gasteiger partial charge in [-0.05, 0) is 120 Å². The molecule has 0 amide bonds. The molecule has 0 aliphatic heterocycles. The average molecular weight is 527 g/mol. The van der Waals surface area contributed by atoms with Gasteiger partial charge in [-0.3, -0.25) is 0 Å². The molecule has 5 rings (SSSR count). The lowest BCUT2D eigenvalue weighted by Crippen LogP contribution is -2.48. The zero-order valence-corrected chi connectivity index (χ0v) is 27.7. The number of hydrogen-bond donors (Lipinski definition) is 0. The summed E-state index contributed by atoms with van der Waals surface area (Å²) < 4.78 is 0. The van der Waals surface area contributed by atoms with Crippen LogP contribution in [-0.4, -0.2) is 8.07 Å². The second kappa shape index (κ2) is 10.9. The number of rotatable bonds is 4. The van der Waals surface area contributed by atoms with Crippen LogP contribution in [0.5, 0.6) is 0 Å². The van der Waals surface area contributed by atoms with Crippen molar-refractivity contribution >= 4 is 8.07 Å². The highest BCUT2D eigenvalue weighted by molar-refractivity contribution is 6.80. The van der Waals surface area contributed by atoms with Gasteiger partial charge in [0.15, 0.2) is 0 Å². The Balaban J connectivity index is 1.42. The molecular weight excluding hydrogens is 460 g/mol. The molecule has 0 aromatic carbocycles. The molecule has 0 nitrogen and oxygen atoms in total. The highest BCUT2D eigenvalue weighted by Gasteiger charge is 2.60. The quantitative estimate of drug-likeness (QED) is 0.319. The monoisotopic (exact) mass is 526 g/mol. The second-order valence-electron chi connectivity index (χ2n) is 17.5. The van der Waals surface area contributed by atoms with Crippen LogP contribution in [0.2, 0.25) is 24.2 Å². The van der Waals surface area contributed by atoms with Gasteiger partial charge in [-0.25, -0.2) is 0 Å². The Bertz CT molecular complexity index is 733. The van der Waals surface area contributed by atoms with E-state index in [1.54, 1.807) is 51.4 Å². The SMILES string of the molecule is CC1C(C)C(C)C([Si](C)(C)C2C(C3CCCCC3)CC3C(C4CCC(C(C)(C)C)CC4)CCCC32)C1C.